The van der Waals surface area contributed by atoms with E-state index in [1.54, 1.807) is 11.8 Å². The second-order valence-electron chi connectivity index (χ2n) is 3.32. The summed E-state index contributed by atoms with van der Waals surface area (Å²) in [6.45, 7) is 4.79. The van der Waals surface area contributed by atoms with Crippen LogP contribution in [-0.4, -0.2) is 18.6 Å². The van der Waals surface area contributed by atoms with E-state index in [2.05, 4.69) is 12.3 Å². The maximum absolute atomic E-state index is 5.81. The van der Waals surface area contributed by atoms with Crippen molar-refractivity contribution in [3.05, 3.63) is 23.3 Å². The van der Waals surface area contributed by atoms with Gasteiger partial charge in [0.05, 0.1) is 6.61 Å². The van der Waals surface area contributed by atoms with Crippen molar-refractivity contribution in [1.29, 1.82) is 0 Å². The Morgan fingerprint density at radius 2 is 2.00 bits per heavy atom. The van der Waals surface area contributed by atoms with Crippen LogP contribution in [0.4, 0.5) is 5.69 Å². The zero-order valence-electron chi connectivity index (χ0n) is 8.96. The summed E-state index contributed by atoms with van der Waals surface area (Å²) in [7, 11) is 0. The standard InChI is InChI=1S/C11H17NOS/c1-8-6-9(2)11(7-10(8)12)13-4-5-14-3/h6-7H,4-5,12H2,1-3H3. The topological polar surface area (TPSA) is 35.2 Å². The van der Waals surface area contributed by atoms with E-state index < -0.39 is 0 Å². The lowest BCUT2D eigenvalue weighted by Gasteiger charge is -2.10. The Hall–Kier alpha value is -0.830. The predicted octanol–water partition coefficient (Wildman–Crippen LogP) is 2.63. The van der Waals surface area contributed by atoms with Gasteiger partial charge < -0.3 is 10.5 Å². The van der Waals surface area contributed by atoms with Gasteiger partial charge in [-0.25, -0.2) is 0 Å². The Labute approximate surface area is 89.8 Å². The number of nitrogen functional groups attached to an aromatic ring is 1. The molecule has 1 aromatic rings. The normalized spacial score (nSPS) is 10.2. The molecule has 2 nitrogen and oxygen atoms in total. The highest BCUT2D eigenvalue weighted by Crippen LogP contribution is 2.24. The summed E-state index contributed by atoms with van der Waals surface area (Å²) in [6.07, 6.45) is 2.07. The van der Waals surface area contributed by atoms with Crippen molar-refractivity contribution in [2.45, 2.75) is 13.8 Å². The van der Waals surface area contributed by atoms with Crippen LogP contribution in [0.1, 0.15) is 11.1 Å². The van der Waals surface area contributed by atoms with Gasteiger partial charge in [-0.1, -0.05) is 6.07 Å². The first-order valence-corrected chi connectivity index (χ1v) is 6.03. The zero-order valence-corrected chi connectivity index (χ0v) is 9.78. The lowest BCUT2D eigenvalue weighted by atomic mass is 10.1. The Morgan fingerprint density at radius 3 is 2.64 bits per heavy atom. The van der Waals surface area contributed by atoms with Gasteiger partial charge in [0.25, 0.3) is 0 Å². The molecule has 0 heterocycles. The minimum absolute atomic E-state index is 0.741. The van der Waals surface area contributed by atoms with Crippen molar-refractivity contribution in [2.24, 2.45) is 0 Å². The van der Waals surface area contributed by atoms with E-state index in [1.165, 1.54) is 0 Å². The largest absolute Gasteiger partial charge is 0.492 e. The minimum atomic E-state index is 0.741. The number of thioether (sulfide) groups is 1. The van der Waals surface area contributed by atoms with Crippen LogP contribution in [0.3, 0.4) is 0 Å². The number of hydrogen-bond donors (Lipinski definition) is 1. The van der Waals surface area contributed by atoms with Gasteiger partial charge in [-0.2, -0.15) is 11.8 Å². The van der Waals surface area contributed by atoms with E-state index in [4.69, 9.17) is 10.5 Å². The summed E-state index contributed by atoms with van der Waals surface area (Å²) in [6, 6.07) is 3.97. The van der Waals surface area contributed by atoms with E-state index in [0.29, 0.717) is 0 Å². The highest BCUT2D eigenvalue weighted by atomic mass is 32.2. The molecule has 3 heteroatoms. The molecule has 0 aromatic heterocycles. The van der Waals surface area contributed by atoms with Crippen molar-refractivity contribution >= 4 is 17.4 Å². The number of nitrogens with two attached hydrogens (primary N) is 1. The van der Waals surface area contributed by atoms with Crippen LogP contribution in [0.25, 0.3) is 0 Å². The fraction of sp³-hybridized carbons (Fsp3) is 0.455. The molecule has 14 heavy (non-hydrogen) atoms. The van der Waals surface area contributed by atoms with Gasteiger partial charge in [0.1, 0.15) is 5.75 Å². The predicted molar refractivity (Wildman–Crippen MR) is 64.2 cm³/mol. The highest BCUT2D eigenvalue weighted by molar-refractivity contribution is 7.98. The first-order valence-electron chi connectivity index (χ1n) is 4.63. The monoisotopic (exact) mass is 211 g/mol. The molecule has 0 aliphatic heterocycles. The van der Waals surface area contributed by atoms with Gasteiger partial charge in [0.15, 0.2) is 0 Å². The lowest BCUT2D eigenvalue weighted by Crippen LogP contribution is -2.02. The van der Waals surface area contributed by atoms with Gasteiger partial charge in [-0.3, -0.25) is 0 Å². The quantitative estimate of drug-likeness (QED) is 0.614. The molecule has 0 unspecified atom stereocenters. The molecule has 0 aliphatic rings. The van der Waals surface area contributed by atoms with Gasteiger partial charge in [0.2, 0.25) is 0 Å². The maximum atomic E-state index is 5.81. The molecule has 0 spiro atoms. The van der Waals surface area contributed by atoms with Crippen molar-refractivity contribution in [3.8, 4) is 5.75 Å². The molecule has 2 N–H and O–H groups in total. The molecule has 0 aliphatic carbocycles. The van der Waals surface area contributed by atoms with Gasteiger partial charge >= 0.3 is 0 Å². The molecule has 0 saturated heterocycles. The number of aryl methyl sites for hydroxylation is 2. The molecule has 1 aromatic carbocycles. The molecule has 1 rings (SSSR count). The van der Waals surface area contributed by atoms with E-state index in [-0.39, 0.29) is 0 Å². The SMILES string of the molecule is CSCCOc1cc(N)c(C)cc1C. The molecule has 78 valence electrons. The minimum Gasteiger partial charge on any atom is -0.492 e. The van der Waals surface area contributed by atoms with Gasteiger partial charge in [0, 0.05) is 17.5 Å². The third-order valence-electron chi connectivity index (χ3n) is 2.11. The van der Waals surface area contributed by atoms with E-state index in [0.717, 1.165) is 34.9 Å². The van der Waals surface area contributed by atoms with E-state index in [1.807, 2.05) is 19.9 Å². The van der Waals surface area contributed by atoms with Crippen molar-refractivity contribution in [2.75, 3.05) is 24.3 Å². The summed E-state index contributed by atoms with van der Waals surface area (Å²) in [5, 5.41) is 0. The summed E-state index contributed by atoms with van der Waals surface area (Å²) >= 11 is 1.78. The third-order valence-corrected chi connectivity index (χ3v) is 2.68. The average molecular weight is 211 g/mol. The first-order chi connectivity index (χ1) is 6.65. The molecule has 0 bridgehead atoms. The van der Waals surface area contributed by atoms with E-state index in [9.17, 15) is 0 Å². The molecule has 0 atom stereocenters. The van der Waals surface area contributed by atoms with Gasteiger partial charge in [-0.15, -0.1) is 0 Å². The Balaban J connectivity index is 2.72. The highest BCUT2D eigenvalue weighted by Gasteiger charge is 2.02. The number of benzene rings is 1. The summed E-state index contributed by atoms with van der Waals surface area (Å²) in [5.74, 6) is 1.91. The Bertz CT molecular complexity index is 312. The Morgan fingerprint density at radius 1 is 1.29 bits per heavy atom. The molecule has 0 amide bonds. The summed E-state index contributed by atoms with van der Waals surface area (Å²) in [4.78, 5) is 0. The number of anilines is 1. The average Bonchev–Trinajstić information content (AvgIpc) is 2.14. The molecular weight excluding hydrogens is 194 g/mol. The maximum Gasteiger partial charge on any atom is 0.124 e. The number of hydrogen-bond acceptors (Lipinski definition) is 3. The van der Waals surface area contributed by atoms with Crippen molar-refractivity contribution in [1.82, 2.24) is 0 Å². The van der Waals surface area contributed by atoms with Crippen LogP contribution in [0.5, 0.6) is 5.75 Å². The van der Waals surface area contributed by atoms with Crippen LogP contribution in [0.2, 0.25) is 0 Å². The second-order valence-corrected chi connectivity index (χ2v) is 4.30. The van der Waals surface area contributed by atoms with Crippen LogP contribution >= 0.6 is 11.8 Å². The fourth-order valence-corrected chi connectivity index (χ4v) is 1.49. The van der Waals surface area contributed by atoms with Crippen LogP contribution in [0, 0.1) is 13.8 Å². The van der Waals surface area contributed by atoms with Crippen LogP contribution in [0.15, 0.2) is 12.1 Å². The molecule has 0 radical (unpaired) electrons. The van der Waals surface area contributed by atoms with Crippen LogP contribution in [-0.2, 0) is 0 Å². The van der Waals surface area contributed by atoms with Gasteiger partial charge in [-0.05, 0) is 31.2 Å². The number of ether oxygens (including phenoxy) is 1. The molecular formula is C11H17NOS. The number of rotatable bonds is 4. The second kappa shape index (κ2) is 5.15. The van der Waals surface area contributed by atoms with E-state index >= 15 is 0 Å². The van der Waals surface area contributed by atoms with Crippen molar-refractivity contribution in [3.63, 3.8) is 0 Å². The van der Waals surface area contributed by atoms with Crippen molar-refractivity contribution < 1.29 is 4.74 Å². The molecule has 0 saturated carbocycles. The molecule has 0 fully saturated rings. The zero-order chi connectivity index (χ0) is 10.6. The smallest absolute Gasteiger partial charge is 0.124 e. The fourth-order valence-electron chi connectivity index (χ4n) is 1.24. The summed E-state index contributed by atoms with van der Waals surface area (Å²) < 4.78 is 5.61. The lowest BCUT2D eigenvalue weighted by molar-refractivity contribution is 0.342. The summed E-state index contributed by atoms with van der Waals surface area (Å²) in [5.41, 5.74) is 8.87. The third kappa shape index (κ3) is 2.84. The first kappa shape index (κ1) is 11.2. The Kier molecular flexibility index (Phi) is 4.14. The van der Waals surface area contributed by atoms with Crippen LogP contribution < -0.4 is 10.5 Å².